The van der Waals surface area contributed by atoms with Crippen LogP contribution in [0, 0.1) is 5.92 Å². The van der Waals surface area contributed by atoms with Gasteiger partial charge in [0.15, 0.2) is 5.82 Å². The average molecular weight is 613 g/mol. The molecule has 5 aliphatic rings. The SMILES string of the molecule is CC(C)(C)OC(=O)N1CCC2(CC1)c1c(n(CC(=O)Nc3ccc(C4CC4)cc3)c3nc(C4=CCOCC4)nn3c1=O)[C@H]1C[C@H]12. The van der Waals surface area contributed by atoms with Crippen LogP contribution in [0.5, 0.6) is 0 Å². The van der Waals surface area contributed by atoms with Crippen LogP contribution in [0.1, 0.15) is 93.8 Å². The van der Waals surface area contributed by atoms with E-state index in [4.69, 9.17) is 19.6 Å². The molecule has 2 amide bonds. The third-order valence-electron chi connectivity index (χ3n) is 10.2. The molecule has 4 heterocycles. The lowest BCUT2D eigenvalue weighted by atomic mass is 9.71. The molecule has 1 aromatic carbocycles. The van der Waals surface area contributed by atoms with Crippen LogP contribution in [0.4, 0.5) is 10.5 Å². The Morgan fingerprint density at radius 2 is 1.89 bits per heavy atom. The van der Waals surface area contributed by atoms with Gasteiger partial charge >= 0.3 is 6.09 Å². The van der Waals surface area contributed by atoms with Gasteiger partial charge in [-0.15, -0.1) is 5.10 Å². The van der Waals surface area contributed by atoms with Crippen molar-refractivity contribution in [2.24, 2.45) is 5.92 Å². The number of nitrogens with zero attached hydrogens (tertiary/aromatic N) is 5. The quantitative estimate of drug-likeness (QED) is 0.447. The maximum Gasteiger partial charge on any atom is 0.410 e. The molecule has 0 unspecified atom stereocenters. The van der Waals surface area contributed by atoms with E-state index in [2.05, 4.69) is 17.4 Å². The largest absolute Gasteiger partial charge is 0.444 e. The zero-order valence-corrected chi connectivity index (χ0v) is 26.2. The molecular weight excluding hydrogens is 572 g/mol. The van der Waals surface area contributed by atoms with Gasteiger partial charge in [0.1, 0.15) is 12.1 Å². The van der Waals surface area contributed by atoms with Crippen molar-refractivity contribution in [2.75, 3.05) is 31.6 Å². The summed E-state index contributed by atoms with van der Waals surface area (Å²) in [6.07, 6.45) is 7.07. The first-order valence-electron chi connectivity index (χ1n) is 16.3. The van der Waals surface area contributed by atoms with Gasteiger partial charge in [0.2, 0.25) is 11.7 Å². The van der Waals surface area contributed by atoms with E-state index in [-0.39, 0.29) is 35.4 Å². The predicted octanol–water partition coefficient (Wildman–Crippen LogP) is 4.60. The van der Waals surface area contributed by atoms with Gasteiger partial charge in [-0.25, -0.2) is 4.79 Å². The van der Waals surface area contributed by atoms with Crippen LogP contribution in [0.25, 0.3) is 11.4 Å². The second kappa shape index (κ2) is 10.3. The van der Waals surface area contributed by atoms with Crippen LogP contribution < -0.4 is 10.9 Å². The molecule has 1 saturated heterocycles. The van der Waals surface area contributed by atoms with Crippen LogP contribution in [0.3, 0.4) is 0 Å². The molecule has 2 atom stereocenters. The van der Waals surface area contributed by atoms with Crippen molar-refractivity contribution < 1.29 is 19.1 Å². The third kappa shape index (κ3) is 4.95. The zero-order chi connectivity index (χ0) is 31.1. The van der Waals surface area contributed by atoms with E-state index in [1.165, 1.54) is 22.9 Å². The van der Waals surface area contributed by atoms with Crippen molar-refractivity contribution in [3.05, 3.63) is 63.3 Å². The van der Waals surface area contributed by atoms with Crippen LogP contribution in [-0.2, 0) is 26.2 Å². The minimum absolute atomic E-state index is 0.0279. The zero-order valence-electron chi connectivity index (χ0n) is 26.2. The highest BCUT2D eigenvalue weighted by atomic mass is 16.6. The molecule has 3 fully saturated rings. The molecule has 45 heavy (non-hydrogen) atoms. The summed E-state index contributed by atoms with van der Waals surface area (Å²) in [7, 11) is 0. The van der Waals surface area contributed by atoms with Gasteiger partial charge in [-0.3, -0.25) is 9.59 Å². The summed E-state index contributed by atoms with van der Waals surface area (Å²) >= 11 is 0. The number of aromatic nitrogens is 4. The molecule has 1 N–H and O–H groups in total. The minimum atomic E-state index is -0.572. The monoisotopic (exact) mass is 612 g/mol. The minimum Gasteiger partial charge on any atom is -0.444 e. The Kier molecular flexibility index (Phi) is 6.50. The van der Waals surface area contributed by atoms with E-state index in [0.717, 1.165) is 28.9 Å². The van der Waals surface area contributed by atoms with Crippen molar-refractivity contribution in [2.45, 2.75) is 88.7 Å². The van der Waals surface area contributed by atoms with Gasteiger partial charge in [0.25, 0.3) is 5.56 Å². The highest BCUT2D eigenvalue weighted by Crippen LogP contribution is 2.67. The summed E-state index contributed by atoms with van der Waals surface area (Å²) in [4.78, 5) is 47.5. The van der Waals surface area contributed by atoms with Crippen molar-refractivity contribution in [1.29, 1.82) is 0 Å². The molecule has 236 valence electrons. The average Bonchev–Trinajstić information content (AvgIpc) is 3.94. The third-order valence-corrected chi connectivity index (χ3v) is 10.2. The number of piperidine rings is 1. The molecular formula is C34H40N6O5. The maximum atomic E-state index is 14.4. The Bertz CT molecular complexity index is 1790. The van der Waals surface area contributed by atoms with Crippen LogP contribution in [0.2, 0.25) is 0 Å². The molecule has 2 saturated carbocycles. The number of likely N-dealkylation sites (tertiary alicyclic amines) is 1. The van der Waals surface area contributed by atoms with Crippen molar-refractivity contribution >= 4 is 29.0 Å². The summed E-state index contributed by atoms with van der Waals surface area (Å²) in [5.41, 5.74) is 3.58. The lowest BCUT2D eigenvalue weighted by Crippen LogP contribution is -2.49. The van der Waals surface area contributed by atoms with E-state index in [0.29, 0.717) is 69.0 Å². The van der Waals surface area contributed by atoms with Gasteiger partial charge in [-0.05, 0) is 94.4 Å². The first kappa shape index (κ1) is 28.5. The van der Waals surface area contributed by atoms with Crippen molar-refractivity contribution in [3.8, 4) is 0 Å². The number of hydrogen-bond acceptors (Lipinski definition) is 7. The number of anilines is 1. The number of fused-ring (bicyclic) bond motifs is 6. The first-order chi connectivity index (χ1) is 21.6. The lowest BCUT2D eigenvalue weighted by Gasteiger charge is -2.41. The summed E-state index contributed by atoms with van der Waals surface area (Å²) < 4.78 is 14.5. The smallest absolute Gasteiger partial charge is 0.410 e. The van der Waals surface area contributed by atoms with E-state index in [1.807, 2.05) is 43.5 Å². The number of amides is 2. The normalized spacial score (nSPS) is 23.4. The second-order valence-electron chi connectivity index (χ2n) is 14.4. The summed E-state index contributed by atoms with van der Waals surface area (Å²) in [5.74, 6) is 1.86. The van der Waals surface area contributed by atoms with Crippen LogP contribution in [-0.4, -0.2) is 68.0 Å². The molecule has 8 rings (SSSR count). The van der Waals surface area contributed by atoms with E-state index in [1.54, 1.807) is 4.90 Å². The Morgan fingerprint density at radius 3 is 2.56 bits per heavy atom. The standard InChI is InChI=1S/C34H40N6O5/c1-33(2,3)45-32(43)38-14-12-34(13-15-38)25-18-24(25)28-27(34)30(42)40-31(36-29(37-40)22-10-16-44-17-11-22)39(28)19-26(41)35-23-8-6-21(7-9-23)20-4-5-20/h6-10,20,24-25H,4-5,11-19H2,1-3H3,(H,35,41)/t24-,25+/m0/s1. The van der Waals surface area contributed by atoms with E-state index < -0.39 is 5.60 Å². The number of rotatable bonds is 5. The van der Waals surface area contributed by atoms with Gasteiger partial charge in [-0.2, -0.15) is 9.50 Å². The summed E-state index contributed by atoms with van der Waals surface area (Å²) in [5, 5.41) is 7.80. The first-order valence-corrected chi connectivity index (χ1v) is 16.3. The predicted molar refractivity (Wildman–Crippen MR) is 167 cm³/mol. The van der Waals surface area contributed by atoms with E-state index in [9.17, 15) is 14.4 Å². The highest BCUT2D eigenvalue weighted by Gasteiger charge is 2.64. The Labute approximate surface area is 261 Å². The Morgan fingerprint density at radius 1 is 1.13 bits per heavy atom. The molecule has 11 heteroatoms. The van der Waals surface area contributed by atoms with Gasteiger partial charge < -0.3 is 24.3 Å². The maximum absolute atomic E-state index is 14.4. The fraction of sp³-hybridized carbons (Fsp3) is 0.559. The molecule has 0 radical (unpaired) electrons. The molecule has 3 aromatic rings. The molecule has 2 aliphatic heterocycles. The fourth-order valence-corrected chi connectivity index (χ4v) is 7.88. The molecule has 2 aromatic heterocycles. The van der Waals surface area contributed by atoms with E-state index >= 15 is 0 Å². The molecule has 1 spiro atoms. The Balaban J connectivity index is 1.16. The highest BCUT2D eigenvalue weighted by molar-refractivity contribution is 5.91. The van der Waals surface area contributed by atoms with Gasteiger partial charge in [0, 0.05) is 41.4 Å². The lowest BCUT2D eigenvalue weighted by molar-refractivity contribution is -0.116. The number of benzene rings is 1. The molecule has 11 nitrogen and oxygen atoms in total. The number of ether oxygens (including phenoxy) is 2. The number of nitrogens with one attached hydrogen (secondary N) is 1. The Hall–Kier alpha value is -3.99. The van der Waals surface area contributed by atoms with Gasteiger partial charge in [-0.1, -0.05) is 18.2 Å². The van der Waals surface area contributed by atoms with Crippen LogP contribution >= 0.6 is 0 Å². The van der Waals surface area contributed by atoms with Crippen molar-refractivity contribution in [3.63, 3.8) is 0 Å². The number of carbonyl (C=O) groups excluding carboxylic acids is 2. The van der Waals surface area contributed by atoms with Crippen LogP contribution in [0.15, 0.2) is 35.1 Å². The topological polar surface area (TPSA) is 120 Å². The number of carbonyl (C=O) groups is 2. The second-order valence-corrected chi connectivity index (χ2v) is 14.4. The van der Waals surface area contributed by atoms with Crippen molar-refractivity contribution in [1.82, 2.24) is 24.1 Å². The van der Waals surface area contributed by atoms with Gasteiger partial charge in [0.05, 0.1) is 13.2 Å². The fourth-order valence-electron chi connectivity index (χ4n) is 7.88. The summed E-state index contributed by atoms with van der Waals surface area (Å²) in [6, 6.07) is 8.12. The molecule has 3 aliphatic carbocycles. The molecule has 0 bridgehead atoms. The number of hydrogen-bond donors (Lipinski definition) is 1. The summed E-state index contributed by atoms with van der Waals surface area (Å²) in [6.45, 7) is 7.72.